The normalized spacial score (nSPS) is 12.4. The molecule has 0 saturated carbocycles. The van der Waals surface area contributed by atoms with Gasteiger partial charge < -0.3 is 26.0 Å². The molecule has 0 aliphatic rings. The average molecular weight is 297 g/mol. The maximum absolute atomic E-state index is 10.8. The molecule has 0 radical (unpaired) electrons. The predicted octanol–water partition coefficient (Wildman–Crippen LogP) is -2.09. The Morgan fingerprint density at radius 3 is 2.26 bits per heavy atom. The lowest BCUT2D eigenvalue weighted by Gasteiger charge is -2.05. The number of carbonyl (C=O) groups is 2. The van der Waals surface area contributed by atoms with Gasteiger partial charge in [-0.2, -0.15) is 0 Å². The van der Waals surface area contributed by atoms with Gasteiger partial charge in [0.05, 0.1) is 32.8 Å². The van der Waals surface area contributed by atoms with Crippen LogP contribution in [0.5, 0.6) is 0 Å². The van der Waals surface area contributed by atoms with Crippen molar-refractivity contribution in [2.24, 2.45) is 16.5 Å². The zero-order valence-corrected chi connectivity index (χ0v) is 10.9. The number of nitrogens with zero attached hydrogens (tertiary/aromatic N) is 1. The van der Waals surface area contributed by atoms with E-state index in [9.17, 15) is 14.2 Å². The summed E-state index contributed by atoms with van der Waals surface area (Å²) >= 11 is 0. The van der Waals surface area contributed by atoms with E-state index in [0.29, 0.717) is 0 Å². The van der Waals surface area contributed by atoms with Crippen LogP contribution >= 0.6 is 7.82 Å². The van der Waals surface area contributed by atoms with Crippen molar-refractivity contribution in [2.45, 2.75) is 6.42 Å². The molecule has 0 atom stereocenters. The number of hydrogen-bond acceptors (Lipinski definition) is 6. The molecule has 0 aliphatic carbocycles. The summed E-state index contributed by atoms with van der Waals surface area (Å²) in [7, 11) is -4.49. The number of hydrogen-bond donors (Lipinski definition) is 4. The molecule has 0 aromatic heterocycles. The van der Waals surface area contributed by atoms with Gasteiger partial charge in [0.2, 0.25) is 5.91 Å². The van der Waals surface area contributed by atoms with Gasteiger partial charge in [0.1, 0.15) is 5.71 Å². The first-order valence-electron chi connectivity index (χ1n) is 5.11. The molecule has 0 fully saturated rings. The minimum Gasteiger partial charge on any atom is -0.377 e. The maximum Gasteiger partial charge on any atom is 0.469 e. The van der Waals surface area contributed by atoms with Gasteiger partial charge in [-0.1, -0.05) is 0 Å². The lowest BCUT2D eigenvalue weighted by Crippen LogP contribution is -2.29. The van der Waals surface area contributed by atoms with Crippen LogP contribution in [0.25, 0.3) is 0 Å². The molecular formula is C8H16N3O7P. The molecule has 11 heteroatoms. The molecule has 6 N–H and O–H groups in total. The van der Waals surface area contributed by atoms with Crippen molar-refractivity contribution >= 4 is 25.3 Å². The molecule has 0 rings (SSSR count). The number of primary amides is 2. The predicted molar refractivity (Wildman–Crippen MR) is 64.1 cm³/mol. The fourth-order valence-electron chi connectivity index (χ4n) is 0.948. The van der Waals surface area contributed by atoms with E-state index < -0.39 is 19.6 Å². The summed E-state index contributed by atoms with van der Waals surface area (Å²) in [5, 5.41) is 0. The number of rotatable bonds is 10. The first kappa shape index (κ1) is 17.7. The van der Waals surface area contributed by atoms with Gasteiger partial charge in [0.25, 0.3) is 5.91 Å². The monoisotopic (exact) mass is 297 g/mol. The Morgan fingerprint density at radius 1 is 1.16 bits per heavy atom. The number of aliphatic imine (C=N–C) groups is 1. The third kappa shape index (κ3) is 11.5. The zero-order valence-electron chi connectivity index (χ0n) is 10.0. The van der Waals surface area contributed by atoms with Crippen molar-refractivity contribution in [3.8, 4) is 0 Å². The molecule has 0 saturated heterocycles. The SMILES string of the molecule is NC(=O)CC(=NCCOCCOP(=O)(O)O)C(N)=O. The van der Waals surface area contributed by atoms with Gasteiger partial charge >= 0.3 is 7.82 Å². The second kappa shape index (κ2) is 8.73. The molecule has 0 aromatic carbocycles. The van der Waals surface area contributed by atoms with E-state index in [-0.39, 0.29) is 38.5 Å². The van der Waals surface area contributed by atoms with Crippen LogP contribution in [-0.2, 0) is 23.4 Å². The van der Waals surface area contributed by atoms with Crippen LogP contribution in [0.3, 0.4) is 0 Å². The highest BCUT2D eigenvalue weighted by Crippen LogP contribution is 2.35. The van der Waals surface area contributed by atoms with Crippen molar-refractivity contribution in [3.05, 3.63) is 0 Å². The molecule has 10 nitrogen and oxygen atoms in total. The second-order valence-electron chi connectivity index (χ2n) is 3.27. The van der Waals surface area contributed by atoms with Crippen LogP contribution in [0, 0.1) is 0 Å². The van der Waals surface area contributed by atoms with E-state index in [1.165, 1.54) is 0 Å². The Kier molecular flexibility index (Phi) is 8.12. The Labute approximate surface area is 109 Å². The van der Waals surface area contributed by atoms with Crippen molar-refractivity contribution in [3.63, 3.8) is 0 Å². The van der Waals surface area contributed by atoms with Crippen molar-refractivity contribution in [1.29, 1.82) is 0 Å². The van der Waals surface area contributed by atoms with E-state index in [4.69, 9.17) is 26.0 Å². The Hall–Kier alpha value is -1.32. The van der Waals surface area contributed by atoms with Gasteiger partial charge in [-0.3, -0.25) is 19.1 Å². The second-order valence-corrected chi connectivity index (χ2v) is 4.51. The van der Waals surface area contributed by atoms with Crippen molar-refractivity contribution in [2.75, 3.05) is 26.4 Å². The Balaban J connectivity index is 3.84. The number of phosphoric acid groups is 1. The van der Waals surface area contributed by atoms with Crippen LogP contribution in [0.15, 0.2) is 4.99 Å². The molecule has 0 unspecified atom stereocenters. The summed E-state index contributed by atoms with van der Waals surface area (Å²) in [5.41, 5.74) is 9.71. The van der Waals surface area contributed by atoms with Gasteiger partial charge in [-0.05, 0) is 0 Å². The number of ether oxygens (including phenoxy) is 1. The highest BCUT2D eigenvalue weighted by Gasteiger charge is 2.12. The van der Waals surface area contributed by atoms with Gasteiger partial charge in [-0.25, -0.2) is 4.57 Å². The quantitative estimate of drug-likeness (QED) is 0.203. The molecule has 0 aromatic rings. The number of nitrogens with two attached hydrogens (primary N) is 2. The molecule has 110 valence electrons. The number of phosphoric ester groups is 1. The van der Waals surface area contributed by atoms with Crippen LogP contribution in [0.4, 0.5) is 0 Å². The van der Waals surface area contributed by atoms with E-state index in [1.807, 2.05) is 0 Å². The van der Waals surface area contributed by atoms with Gasteiger partial charge in [0, 0.05) is 0 Å². The first-order chi connectivity index (χ1) is 8.72. The summed E-state index contributed by atoms with van der Waals surface area (Å²) < 4.78 is 19.3. The molecular weight excluding hydrogens is 281 g/mol. The smallest absolute Gasteiger partial charge is 0.377 e. The van der Waals surface area contributed by atoms with Crippen LogP contribution in [0.2, 0.25) is 0 Å². The topological polar surface area (TPSA) is 175 Å². The van der Waals surface area contributed by atoms with E-state index in [2.05, 4.69) is 9.52 Å². The summed E-state index contributed by atoms with van der Waals surface area (Å²) in [6.45, 7) is -0.207. The summed E-state index contributed by atoms with van der Waals surface area (Å²) in [6.07, 6.45) is -0.351. The standard InChI is InChI=1S/C8H16N3O7P/c9-7(12)5-6(8(10)13)11-1-2-17-3-4-18-19(14,15)16/h1-5H2,(H2,9,12)(H2,10,13)(H2,14,15,16). The van der Waals surface area contributed by atoms with Crippen LogP contribution in [-0.4, -0.2) is 53.7 Å². The van der Waals surface area contributed by atoms with Gasteiger partial charge in [0.15, 0.2) is 0 Å². The fraction of sp³-hybridized carbons (Fsp3) is 0.625. The molecule has 0 heterocycles. The zero-order chi connectivity index (χ0) is 14.9. The third-order valence-corrected chi connectivity index (χ3v) is 2.17. The summed E-state index contributed by atoms with van der Waals surface area (Å²) in [5.74, 6) is -1.57. The molecule has 0 bridgehead atoms. The number of carbonyl (C=O) groups excluding carboxylic acids is 2. The third-order valence-electron chi connectivity index (χ3n) is 1.65. The van der Waals surface area contributed by atoms with Gasteiger partial charge in [-0.15, -0.1) is 0 Å². The van der Waals surface area contributed by atoms with Crippen molar-refractivity contribution in [1.82, 2.24) is 0 Å². The molecule has 0 aliphatic heterocycles. The fourth-order valence-corrected chi connectivity index (χ4v) is 1.26. The highest BCUT2D eigenvalue weighted by atomic mass is 31.2. The Bertz CT molecular complexity index is 392. The van der Waals surface area contributed by atoms with Crippen molar-refractivity contribution < 1.29 is 33.2 Å². The molecule has 2 amide bonds. The lowest BCUT2D eigenvalue weighted by atomic mass is 10.2. The highest BCUT2D eigenvalue weighted by molar-refractivity contribution is 7.46. The average Bonchev–Trinajstić information content (AvgIpc) is 2.23. The summed E-state index contributed by atoms with van der Waals surface area (Å²) in [6, 6.07) is 0. The van der Waals surface area contributed by atoms with Crippen LogP contribution < -0.4 is 11.5 Å². The largest absolute Gasteiger partial charge is 0.469 e. The molecule has 19 heavy (non-hydrogen) atoms. The Morgan fingerprint density at radius 2 is 1.79 bits per heavy atom. The van der Waals surface area contributed by atoms with E-state index in [1.54, 1.807) is 0 Å². The lowest BCUT2D eigenvalue weighted by molar-refractivity contribution is -0.118. The minimum atomic E-state index is -4.49. The van der Waals surface area contributed by atoms with Crippen LogP contribution in [0.1, 0.15) is 6.42 Å². The van der Waals surface area contributed by atoms with E-state index >= 15 is 0 Å². The maximum atomic E-state index is 10.8. The summed E-state index contributed by atoms with van der Waals surface area (Å²) in [4.78, 5) is 41.9. The van der Waals surface area contributed by atoms with E-state index in [0.717, 1.165) is 0 Å². The minimum absolute atomic E-state index is 0.0532. The molecule has 0 spiro atoms. The first-order valence-corrected chi connectivity index (χ1v) is 6.64. The number of amides is 2.